The van der Waals surface area contributed by atoms with E-state index in [2.05, 4.69) is 25.3 Å². The monoisotopic (exact) mass is 520 g/mol. The van der Waals surface area contributed by atoms with E-state index >= 15 is 0 Å². The third-order valence-electron chi connectivity index (χ3n) is 5.37. The lowest BCUT2D eigenvalue weighted by molar-refractivity contribution is 0.112. The highest BCUT2D eigenvalue weighted by molar-refractivity contribution is 5.87. The van der Waals surface area contributed by atoms with Crippen LogP contribution in [-0.2, 0) is 10.4 Å². The van der Waals surface area contributed by atoms with E-state index in [-0.39, 0.29) is 5.69 Å². The highest BCUT2D eigenvalue weighted by atomic mass is 19.1. The highest BCUT2D eigenvalue weighted by Crippen LogP contribution is 2.25. The number of carbonyl (C=O) groups excluding carboxylic acids is 2. The molecule has 2 heterocycles. The van der Waals surface area contributed by atoms with Gasteiger partial charge >= 0.3 is 6.09 Å². The second-order valence-corrected chi connectivity index (χ2v) is 8.61. The number of anilines is 2. The molecule has 3 rings (SSSR count). The number of carbonyl (C=O) groups is 2. The van der Waals surface area contributed by atoms with E-state index in [0.717, 1.165) is 22.4 Å². The largest absolute Gasteiger partial charge is 0.453 e. The third kappa shape index (κ3) is 8.44. The van der Waals surface area contributed by atoms with Crippen LogP contribution in [0.3, 0.4) is 0 Å². The molecule has 6 N–H and O–H groups in total. The number of hydrogen-bond donors (Lipinski definition) is 4. The number of nitrogens with zero attached hydrogens (tertiary/aromatic N) is 2. The molecule has 1 aromatic carbocycles. The van der Waals surface area contributed by atoms with Crippen LogP contribution in [0.4, 0.5) is 20.7 Å². The Morgan fingerprint density at radius 2 is 1.82 bits per heavy atom. The van der Waals surface area contributed by atoms with Gasteiger partial charge in [-0.15, -0.1) is 0 Å². The number of aldehydes is 1. The number of hydrogen-bond acceptors (Lipinski definition) is 8. The number of pyridine rings is 2. The standard InChI is InChI=1S/C19H23N5O2.C9H10FNO/c1-12-4-5-15(22-2)10-16(12)17(21)8-14(11-20)13-6-7-23-18(9-13)24-19(25)26-3;1-9(2,10)8-5-7(6-12)3-4-11-8/h4-11,22H,20-21H2,1-3H3,(H,23,24,25);3-6H,1-2H3/b14-11+,17-8-;. The summed E-state index contributed by atoms with van der Waals surface area (Å²) in [6.45, 7) is 4.81. The fraction of sp³-hybridized carbons (Fsp3) is 0.214. The van der Waals surface area contributed by atoms with Crippen LogP contribution in [0.2, 0.25) is 0 Å². The molecule has 0 bridgehead atoms. The number of nitrogens with two attached hydrogens (primary N) is 2. The first kappa shape index (κ1) is 29.5. The summed E-state index contributed by atoms with van der Waals surface area (Å²) in [7, 11) is 3.14. The summed E-state index contributed by atoms with van der Waals surface area (Å²) < 4.78 is 17.8. The second-order valence-electron chi connectivity index (χ2n) is 8.61. The maximum atomic E-state index is 13.3. The van der Waals surface area contributed by atoms with Gasteiger partial charge in [0.05, 0.1) is 12.8 Å². The molecule has 0 spiro atoms. The van der Waals surface area contributed by atoms with Crippen LogP contribution in [0, 0.1) is 6.92 Å². The van der Waals surface area contributed by atoms with Crippen molar-refractivity contribution in [1.29, 1.82) is 0 Å². The normalized spacial score (nSPS) is 11.6. The Kier molecular flexibility index (Phi) is 10.5. The van der Waals surface area contributed by atoms with Crippen molar-refractivity contribution in [2.45, 2.75) is 26.4 Å². The summed E-state index contributed by atoms with van der Waals surface area (Å²) in [5, 5.41) is 5.62. The van der Waals surface area contributed by atoms with Crippen LogP contribution >= 0.6 is 0 Å². The van der Waals surface area contributed by atoms with Crippen LogP contribution in [-0.4, -0.2) is 36.5 Å². The smallest absolute Gasteiger partial charge is 0.412 e. The van der Waals surface area contributed by atoms with Crippen molar-refractivity contribution < 1.29 is 18.7 Å². The van der Waals surface area contributed by atoms with Crippen molar-refractivity contribution in [3.63, 3.8) is 0 Å². The molecule has 0 aliphatic heterocycles. The number of allylic oxidation sites excluding steroid dienone is 2. The maximum Gasteiger partial charge on any atom is 0.412 e. The summed E-state index contributed by atoms with van der Waals surface area (Å²) in [6.07, 6.45) is 6.33. The van der Waals surface area contributed by atoms with Gasteiger partial charge in [0.15, 0.2) is 0 Å². The predicted octanol–water partition coefficient (Wildman–Crippen LogP) is 5.01. The molecule has 0 radical (unpaired) electrons. The fourth-order valence-electron chi connectivity index (χ4n) is 3.24. The van der Waals surface area contributed by atoms with Gasteiger partial charge in [0.1, 0.15) is 17.8 Å². The molecule has 9 nitrogen and oxygen atoms in total. The van der Waals surface area contributed by atoms with Crippen molar-refractivity contribution >= 4 is 35.2 Å². The summed E-state index contributed by atoms with van der Waals surface area (Å²) in [5.41, 5.74) is 16.3. The molecule has 2 aromatic heterocycles. The number of halogens is 1. The molecule has 0 saturated heterocycles. The molecule has 1 amide bonds. The van der Waals surface area contributed by atoms with Gasteiger partial charge in [-0.3, -0.25) is 15.1 Å². The summed E-state index contributed by atoms with van der Waals surface area (Å²) in [4.78, 5) is 29.6. The van der Waals surface area contributed by atoms with E-state index in [1.807, 2.05) is 32.2 Å². The quantitative estimate of drug-likeness (QED) is 0.251. The van der Waals surface area contributed by atoms with Crippen LogP contribution in [0.1, 0.15) is 46.6 Å². The number of aromatic nitrogens is 2. The number of aryl methyl sites for hydroxylation is 1. The SMILES string of the molecule is CC(C)(F)c1cc(C=O)ccn1.CNc1ccc(C)c(/C(N)=C/C(=C\N)c2ccnc(NC(=O)OC)c2)c1. The first-order valence-corrected chi connectivity index (χ1v) is 11.6. The van der Waals surface area contributed by atoms with Crippen LogP contribution in [0.5, 0.6) is 0 Å². The highest BCUT2D eigenvalue weighted by Gasteiger charge is 2.20. The molecule has 3 aromatic rings. The molecule has 10 heteroatoms. The van der Waals surface area contributed by atoms with Gasteiger partial charge in [0.2, 0.25) is 0 Å². The zero-order valence-corrected chi connectivity index (χ0v) is 22.1. The molecular formula is C28H33FN6O3. The lowest BCUT2D eigenvalue weighted by Crippen LogP contribution is -2.12. The maximum absolute atomic E-state index is 13.3. The van der Waals surface area contributed by atoms with E-state index in [0.29, 0.717) is 28.9 Å². The number of alkyl halides is 1. The number of rotatable bonds is 7. The first-order chi connectivity index (χ1) is 18.0. The van der Waals surface area contributed by atoms with E-state index in [4.69, 9.17) is 11.5 Å². The minimum atomic E-state index is -1.49. The Morgan fingerprint density at radius 3 is 2.42 bits per heavy atom. The van der Waals surface area contributed by atoms with Crippen molar-refractivity contribution in [3.05, 3.63) is 95.1 Å². The molecule has 38 heavy (non-hydrogen) atoms. The minimum Gasteiger partial charge on any atom is -0.453 e. The molecule has 0 aliphatic carbocycles. The summed E-state index contributed by atoms with van der Waals surface area (Å²) >= 11 is 0. The Morgan fingerprint density at radius 1 is 1.11 bits per heavy atom. The van der Waals surface area contributed by atoms with Crippen LogP contribution < -0.4 is 22.1 Å². The average molecular weight is 521 g/mol. The zero-order valence-electron chi connectivity index (χ0n) is 22.1. The zero-order chi connectivity index (χ0) is 28.3. The van der Waals surface area contributed by atoms with Gasteiger partial charge in [-0.05, 0) is 79.9 Å². The number of nitrogens with one attached hydrogen (secondary N) is 2. The van der Waals surface area contributed by atoms with E-state index in [1.165, 1.54) is 39.4 Å². The molecule has 0 atom stereocenters. The predicted molar refractivity (Wildman–Crippen MR) is 149 cm³/mol. The average Bonchev–Trinajstić information content (AvgIpc) is 2.91. The van der Waals surface area contributed by atoms with Crippen LogP contribution in [0.25, 0.3) is 11.3 Å². The second kappa shape index (κ2) is 13.5. The number of methoxy groups -OCH3 is 1. The Hall–Kier alpha value is -4.73. The van der Waals surface area contributed by atoms with Gasteiger partial charge in [0.25, 0.3) is 0 Å². The van der Waals surface area contributed by atoms with E-state index in [9.17, 15) is 14.0 Å². The van der Waals surface area contributed by atoms with Crippen molar-refractivity contribution in [3.8, 4) is 0 Å². The number of benzene rings is 1. The first-order valence-electron chi connectivity index (χ1n) is 11.6. The molecule has 0 unspecified atom stereocenters. The Labute approximate surface area is 221 Å². The summed E-state index contributed by atoms with van der Waals surface area (Å²) in [6, 6.07) is 12.4. The van der Waals surface area contributed by atoms with Gasteiger partial charge < -0.3 is 21.5 Å². The number of amides is 1. The Balaban J connectivity index is 0.000000352. The van der Waals surface area contributed by atoms with Crippen molar-refractivity contribution in [2.75, 3.05) is 24.8 Å². The van der Waals surface area contributed by atoms with Crippen molar-refractivity contribution in [1.82, 2.24) is 9.97 Å². The third-order valence-corrected chi connectivity index (χ3v) is 5.37. The minimum absolute atomic E-state index is 0.284. The fourth-order valence-corrected chi connectivity index (χ4v) is 3.24. The van der Waals surface area contributed by atoms with Gasteiger partial charge in [-0.1, -0.05) is 6.07 Å². The van der Waals surface area contributed by atoms with Gasteiger partial charge in [0, 0.05) is 48.2 Å². The molecule has 0 fully saturated rings. The van der Waals surface area contributed by atoms with Gasteiger partial charge in [-0.25, -0.2) is 14.2 Å². The van der Waals surface area contributed by atoms with E-state index in [1.54, 1.807) is 30.5 Å². The molecule has 200 valence electrons. The lowest BCUT2D eigenvalue weighted by atomic mass is 10.0. The topological polar surface area (TPSA) is 145 Å². The lowest BCUT2D eigenvalue weighted by Gasteiger charge is -2.12. The summed E-state index contributed by atoms with van der Waals surface area (Å²) in [5.74, 6) is 0.356. The van der Waals surface area contributed by atoms with Crippen molar-refractivity contribution in [2.24, 2.45) is 11.5 Å². The van der Waals surface area contributed by atoms with Gasteiger partial charge in [-0.2, -0.15) is 0 Å². The molecular weight excluding hydrogens is 487 g/mol. The number of ether oxygens (including phenoxy) is 1. The molecule has 0 saturated carbocycles. The van der Waals surface area contributed by atoms with Crippen LogP contribution in [0.15, 0.2) is 67.1 Å². The molecule has 0 aliphatic rings. The van der Waals surface area contributed by atoms with E-state index < -0.39 is 11.8 Å². The Bertz CT molecular complexity index is 1330.